The molecule has 10 heteroatoms. The van der Waals surface area contributed by atoms with E-state index in [4.69, 9.17) is 23.6 Å². The summed E-state index contributed by atoms with van der Waals surface area (Å²) < 4.78 is 33.3. The zero-order valence-corrected chi connectivity index (χ0v) is 35.5. The SMILES string of the molecule is CC/C=C\C/C=C\C/C=C\C/C=C\CCCCC(=O)OC(COCCCCCCCCCC/C=C\C/C=C\CCCCCC)COP(=O)(O)OCC(O)CO. The molecular formula is C45H79O9P. The second-order valence-corrected chi connectivity index (χ2v) is 15.4. The molecule has 0 saturated heterocycles. The number of ether oxygens (including phenoxy) is 2. The topological polar surface area (TPSA) is 132 Å². The van der Waals surface area contributed by atoms with Crippen LogP contribution in [0.2, 0.25) is 0 Å². The lowest BCUT2D eigenvalue weighted by Gasteiger charge is -2.20. The number of hydrogen-bond acceptors (Lipinski definition) is 8. The maximum Gasteiger partial charge on any atom is 0.472 e. The molecule has 0 aliphatic heterocycles. The van der Waals surface area contributed by atoms with Crippen molar-refractivity contribution in [2.24, 2.45) is 0 Å². The zero-order chi connectivity index (χ0) is 40.3. The fraction of sp³-hybridized carbons (Fsp3) is 0.711. The molecule has 55 heavy (non-hydrogen) atoms. The van der Waals surface area contributed by atoms with E-state index in [1.54, 1.807) is 0 Å². The molecule has 0 rings (SSSR count). The molecule has 0 spiro atoms. The van der Waals surface area contributed by atoms with Crippen LogP contribution in [0.4, 0.5) is 0 Å². The van der Waals surface area contributed by atoms with Crippen LogP contribution in [0.15, 0.2) is 72.9 Å². The number of allylic oxidation sites excluding steroid dienone is 12. The summed E-state index contributed by atoms with van der Waals surface area (Å²) in [4.78, 5) is 22.5. The number of phosphoric acid groups is 1. The van der Waals surface area contributed by atoms with Crippen LogP contribution in [0.25, 0.3) is 0 Å². The number of rotatable bonds is 40. The highest BCUT2D eigenvalue weighted by Gasteiger charge is 2.26. The van der Waals surface area contributed by atoms with Crippen LogP contribution in [0.3, 0.4) is 0 Å². The highest BCUT2D eigenvalue weighted by atomic mass is 31.2. The van der Waals surface area contributed by atoms with Gasteiger partial charge in [-0.1, -0.05) is 145 Å². The lowest BCUT2D eigenvalue weighted by molar-refractivity contribution is -0.154. The predicted octanol–water partition coefficient (Wildman–Crippen LogP) is 11.8. The van der Waals surface area contributed by atoms with Gasteiger partial charge < -0.3 is 24.6 Å². The smallest absolute Gasteiger partial charge is 0.457 e. The van der Waals surface area contributed by atoms with Gasteiger partial charge in [0, 0.05) is 13.0 Å². The van der Waals surface area contributed by atoms with Crippen molar-refractivity contribution in [2.45, 2.75) is 174 Å². The highest BCUT2D eigenvalue weighted by molar-refractivity contribution is 7.47. The van der Waals surface area contributed by atoms with Crippen molar-refractivity contribution >= 4 is 13.8 Å². The van der Waals surface area contributed by atoms with Crippen LogP contribution < -0.4 is 0 Å². The van der Waals surface area contributed by atoms with Crippen LogP contribution in [0.1, 0.15) is 162 Å². The second kappa shape index (κ2) is 41.5. The summed E-state index contributed by atoms with van der Waals surface area (Å²) in [5.74, 6) is -0.427. The number of aliphatic hydroxyl groups excluding tert-OH is 2. The number of carbonyl (C=O) groups is 1. The van der Waals surface area contributed by atoms with Crippen LogP contribution in [0, 0.1) is 0 Å². The Balaban J connectivity index is 4.25. The third-order valence-electron chi connectivity index (χ3n) is 8.63. The van der Waals surface area contributed by atoms with Gasteiger partial charge in [0.15, 0.2) is 0 Å². The van der Waals surface area contributed by atoms with E-state index in [2.05, 4.69) is 86.8 Å². The maximum absolute atomic E-state index is 12.6. The van der Waals surface area contributed by atoms with Gasteiger partial charge in [0.05, 0.1) is 26.4 Å². The third kappa shape index (κ3) is 41.4. The lowest BCUT2D eigenvalue weighted by atomic mass is 10.1. The number of phosphoric ester groups is 1. The monoisotopic (exact) mass is 795 g/mol. The Hall–Kier alpha value is -2.10. The van der Waals surface area contributed by atoms with Gasteiger partial charge in [0.25, 0.3) is 0 Å². The summed E-state index contributed by atoms with van der Waals surface area (Å²) in [6.45, 7) is 3.30. The molecule has 0 aromatic heterocycles. The molecule has 0 radical (unpaired) electrons. The molecule has 0 aliphatic carbocycles. The highest BCUT2D eigenvalue weighted by Crippen LogP contribution is 2.43. The van der Waals surface area contributed by atoms with Crippen molar-refractivity contribution in [3.63, 3.8) is 0 Å². The van der Waals surface area contributed by atoms with Crippen molar-refractivity contribution in [2.75, 3.05) is 33.0 Å². The van der Waals surface area contributed by atoms with Gasteiger partial charge in [0.1, 0.15) is 12.2 Å². The van der Waals surface area contributed by atoms with Crippen molar-refractivity contribution in [3.05, 3.63) is 72.9 Å². The molecule has 3 unspecified atom stereocenters. The Morgan fingerprint density at radius 2 is 1.04 bits per heavy atom. The minimum Gasteiger partial charge on any atom is -0.457 e. The predicted molar refractivity (Wildman–Crippen MR) is 228 cm³/mol. The van der Waals surface area contributed by atoms with Gasteiger partial charge >= 0.3 is 13.8 Å². The molecule has 0 amide bonds. The number of esters is 1. The van der Waals surface area contributed by atoms with Gasteiger partial charge in [-0.2, -0.15) is 0 Å². The Morgan fingerprint density at radius 3 is 1.56 bits per heavy atom. The zero-order valence-electron chi connectivity index (χ0n) is 34.6. The third-order valence-corrected chi connectivity index (χ3v) is 9.58. The Labute approximate surface area is 335 Å². The number of hydrogen-bond donors (Lipinski definition) is 3. The number of carbonyl (C=O) groups excluding carboxylic acids is 1. The van der Waals surface area contributed by atoms with Gasteiger partial charge in [0.2, 0.25) is 0 Å². The fourth-order valence-electron chi connectivity index (χ4n) is 5.38. The quantitative estimate of drug-likeness (QED) is 0.0240. The minimum absolute atomic E-state index is 0.0245. The Morgan fingerprint density at radius 1 is 0.582 bits per heavy atom. The summed E-state index contributed by atoms with van der Waals surface area (Å²) >= 11 is 0. The summed E-state index contributed by atoms with van der Waals surface area (Å²) in [5, 5.41) is 18.3. The van der Waals surface area contributed by atoms with E-state index < -0.39 is 45.8 Å². The average molecular weight is 795 g/mol. The molecule has 3 N–H and O–H groups in total. The molecule has 318 valence electrons. The first-order chi connectivity index (χ1) is 26.8. The second-order valence-electron chi connectivity index (χ2n) is 14.0. The number of unbranched alkanes of at least 4 members (excludes halogenated alkanes) is 14. The first-order valence-electron chi connectivity index (χ1n) is 21.4. The van der Waals surface area contributed by atoms with Gasteiger partial charge in [-0.05, 0) is 83.5 Å². The average Bonchev–Trinajstić information content (AvgIpc) is 3.18. The molecule has 0 bridgehead atoms. The number of aliphatic hydroxyl groups is 2. The van der Waals surface area contributed by atoms with Crippen molar-refractivity contribution in [3.8, 4) is 0 Å². The summed E-state index contributed by atoms with van der Waals surface area (Å²) in [6, 6.07) is 0. The minimum atomic E-state index is -4.53. The molecule has 0 aromatic rings. The van der Waals surface area contributed by atoms with E-state index in [1.165, 1.54) is 64.2 Å². The fourth-order valence-corrected chi connectivity index (χ4v) is 6.16. The van der Waals surface area contributed by atoms with E-state index in [-0.39, 0.29) is 13.0 Å². The molecular weight excluding hydrogens is 715 g/mol. The first-order valence-corrected chi connectivity index (χ1v) is 22.9. The van der Waals surface area contributed by atoms with Crippen LogP contribution in [-0.2, 0) is 27.9 Å². The van der Waals surface area contributed by atoms with Crippen molar-refractivity contribution in [1.29, 1.82) is 0 Å². The normalized spacial score (nSPS) is 14.8. The Bertz CT molecular complexity index is 1080. The van der Waals surface area contributed by atoms with Crippen molar-refractivity contribution < 1.29 is 43.0 Å². The molecule has 0 saturated carbocycles. The first kappa shape index (κ1) is 52.9. The van der Waals surface area contributed by atoms with E-state index in [1.807, 2.05) is 0 Å². The van der Waals surface area contributed by atoms with Crippen LogP contribution in [0.5, 0.6) is 0 Å². The molecule has 0 aromatic carbocycles. The molecule has 9 nitrogen and oxygen atoms in total. The molecule has 0 aliphatic rings. The van der Waals surface area contributed by atoms with Crippen LogP contribution >= 0.6 is 7.82 Å². The molecule has 0 fully saturated rings. The summed E-state index contributed by atoms with van der Waals surface area (Å²) in [7, 11) is -4.53. The van der Waals surface area contributed by atoms with Gasteiger partial charge in [-0.25, -0.2) is 4.57 Å². The summed E-state index contributed by atoms with van der Waals surface area (Å²) in [5.41, 5.74) is 0. The van der Waals surface area contributed by atoms with E-state index >= 15 is 0 Å². The van der Waals surface area contributed by atoms with E-state index in [0.29, 0.717) is 13.0 Å². The van der Waals surface area contributed by atoms with E-state index in [0.717, 1.165) is 70.6 Å². The molecule has 0 heterocycles. The maximum atomic E-state index is 12.6. The largest absolute Gasteiger partial charge is 0.472 e. The standard InChI is InChI=1S/C45H79O9P/c1-3-5-7-9-11-13-15-17-19-20-21-22-24-26-28-30-32-34-36-38-51-41-44(42-53-55(49,50)52-40-43(47)39-46)54-45(48)37-35-33-31-29-27-25-23-18-16-14-12-10-8-6-4-2/h6,8,12-15,18-20,23,27,29,43-44,46-47H,3-5,7,9-11,16-17,21-22,24-26,28,30-42H2,1-2H3,(H,49,50)/b8-6-,14-12-,15-13-,20-19-,23-18-,29-27-. The molecule has 3 atom stereocenters. The Kier molecular flexibility index (Phi) is 39.9. The van der Waals surface area contributed by atoms with E-state index in [9.17, 15) is 19.4 Å². The van der Waals surface area contributed by atoms with Crippen molar-refractivity contribution in [1.82, 2.24) is 0 Å². The summed E-state index contributed by atoms with van der Waals surface area (Å²) in [6.07, 6.45) is 48.6. The lowest BCUT2D eigenvalue weighted by Crippen LogP contribution is -2.29. The van der Waals surface area contributed by atoms with Gasteiger partial charge in [-0.15, -0.1) is 0 Å². The van der Waals surface area contributed by atoms with Gasteiger partial charge in [-0.3, -0.25) is 13.8 Å². The van der Waals surface area contributed by atoms with Crippen LogP contribution in [-0.4, -0.2) is 66.3 Å².